The number of thiazole rings is 1. The van der Waals surface area contributed by atoms with E-state index in [0.717, 1.165) is 21.0 Å². The molecule has 7 nitrogen and oxygen atoms in total. The fourth-order valence-corrected chi connectivity index (χ4v) is 5.88. The van der Waals surface area contributed by atoms with Gasteiger partial charge in [-0.05, 0) is 24.4 Å². The molecule has 0 atom stereocenters. The molecule has 0 unspecified atom stereocenters. The summed E-state index contributed by atoms with van der Waals surface area (Å²) in [5.74, 6) is -3.06. The Morgan fingerprint density at radius 3 is 2.69 bits per heavy atom. The van der Waals surface area contributed by atoms with Crippen LogP contribution in [0.5, 0.6) is 0 Å². The average molecular weight is 513 g/mol. The molecule has 0 radical (unpaired) electrons. The number of halogens is 3. The van der Waals surface area contributed by atoms with Gasteiger partial charge in [-0.15, -0.1) is 11.3 Å². The average Bonchev–Trinajstić information content (AvgIpc) is 3.45. The third-order valence-electron chi connectivity index (χ3n) is 6.96. The second kappa shape index (κ2) is 8.29. The zero-order valence-electron chi connectivity index (χ0n) is 19.7. The number of carbonyl (C=O) groups excluding carboxylic acids is 1. The molecular weight excluding hydrogens is 489 g/mol. The van der Waals surface area contributed by atoms with E-state index in [2.05, 4.69) is 15.3 Å². The predicted molar refractivity (Wildman–Crippen MR) is 131 cm³/mol. The summed E-state index contributed by atoms with van der Waals surface area (Å²) in [6.07, 6.45) is 2.83. The molecule has 2 aliphatic rings. The van der Waals surface area contributed by atoms with Crippen LogP contribution in [-0.4, -0.2) is 50.0 Å². The molecule has 1 aliphatic heterocycles. The van der Waals surface area contributed by atoms with Crippen molar-refractivity contribution in [2.75, 3.05) is 13.6 Å². The molecule has 1 saturated carbocycles. The number of nitrogens with one attached hydrogen (secondary N) is 1. The molecule has 1 aliphatic carbocycles. The number of hydrogen-bond acceptors (Lipinski definition) is 5. The standard InChI is InChI=1S/C25H23F3N6OS/c1-13-30-11-20(36-13)18-7-14-3-4-17(26)21(16(14)10-31-18)22-19-12-33(24(35)29-2)5-6-34(19)23(32-22)15-8-25(27,28)9-15/h3-4,7,10-11,15H,5-6,8-9,12H2,1-2H3,(H,29,35). The Morgan fingerprint density at radius 2 is 2.00 bits per heavy atom. The van der Waals surface area contributed by atoms with Gasteiger partial charge in [0.2, 0.25) is 5.92 Å². The number of amides is 2. The van der Waals surface area contributed by atoms with Crippen molar-refractivity contribution in [3.8, 4) is 21.8 Å². The highest BCUT2D eigenvalue weighted by Gasteiger charge is 2.48. The van der Waals surface area contributed by atoms with Gasteiger partial charge in [0.1, 0.15) is 11.6 Å². The molecule has 6 rings (SSSR count). The Morgan fingerprint density at radius 1 is 1.19 bits per heavy atom. The van der Waals surface area contributed by atoms with E-state index in [4.69, 9.17) is 4.98 Å². The second-order valence-electron chi connectivity index (χ2n) is 9.31. The monoisotopic (exact) mass is 512 g/mol. The summed E-state index contributed by atoms with van der Waals surface area (Å²) in [6.45, 7) is 2.94. The van der Waals surface area contributed by atoms with Gasteiger partial charge in [0, 0.05) is 62.2 Å². The topological polar surface area (TPSA) is 75.9 Å². The SMILES string of the molecule is CNC(=O)N1CCn2c(C3CC(F)(F)C3)nc(-c3c(F)ccc4cc(-c5cnc(C)s5)ncc34)c2C1. The third-order valence-corrected chi connectivity index (χ3v) is 7.89. The largest absolute Gasteiger partial charge is 0.341 e. The minimum Gasteiger partial charge on any atom is -0.341 e. The van der Waals surface area contributed by atoms with Crippen LogP contribution in [0.2, 0.25) is 0 Å². The van der Waals surface area contributed by atoms with Crippen molar-refractivity contribution in [2.45, 2.75) is 44.7 Å². The lowest BCUT2D eigenvalue weighted by Crippen LogP contribution is -2.43. The number of alkyl halides is 2. The number of benzene rings is 1. The summed E-state index contributed by atoms with van der Waals surface area (Å²) in [6, 6.07) is 4.72. The number of fused-ring (bicyclic) bond motifs is 2. The summed E-state index contributed by atoms with van der Waals surface area (Å²) in [5.41, 5.74) is 2.02. The number of urea groups is 1. The molecule has 11 heteroatoms. The Labute approximate surface area is 209 Å². The number of pyridine rings is 1. The van der Waals surface area contributed by atoms with Gasteiger partial charge in [-0.25, -0.2) is 27.9 Å². The Kier molecular flexibility index (Phi) is 5.29. The van der Waals surface area contributed by atoms with Crippen LogP contribution in [0.3, 0.4) is 0 Å². The molecular formula is C25H23F3N6OS. The van der Waals surface area contributed by atoms with Gasteiger partial charge in [-0.1, -0.05) is 6.07 Å². The zero-order valence-corrected chi connectivity index (χ0v) is 20.5. The lowest BCUT2D eigenvalue weighted by atomic mass is 9.80. The molecule has 3 aromatic heterocycles. The molecule has 0 saturated heterocycles. The van der Waals surface area contributed by atoms with Gasteiger partial charge in [0.15, 0.2) is 0 Å². The van der Waals surface area contributed by atoms with Crippen molar-refractivity contribution in [3.63, 3.8) is 0 Å². The molecule has 36 heavy (non-hydrogen) atoms. The minimum absolute atomic E-state index is 0.201. The van der Waals surface area contributed by atoms with Crippen LogP contribution in [0.4, 0.5) is 18.0 Å². The summed E-state index contributed by atoms with van der Waals surface area (Å²) in [5, 5.41) is 4.89. The third kappa shape index (κ3) is 3.73. The summed E-state index contributed by atoms with van der Waals surface area (Å²) < 4.78 is 44.8. The normalized spacial score (nSPS) is 17.2. The van der Waals surface area contributed by atoms with Gasteiger partial charge in [-0.2, -0.15) is 0 Å². The summed E-state index contributed by atoms with van der Waals surface area (Å²) in [4.78, 5) is 28.5. The molecule has 1 fully saturated rings. The molecule has 2 amide bonds. The number of rotatable bonds is 3. The highest BCUT2D eigenvalue weighted by atomic mass is 32.1. The highest BCUT2D eigenvalue weighted by molar-refractivity contribution is 7.15. The number of nitrogens with zero attached hydrogens (tertiary/aromatic N) is 5. The Hall–Kier alpha value is -3.47. The van der Waals surface area contributed by atoms with Crippen molar-refractivity contribution in [3.05, 3.63) is 52.9 Å². The first-order valence-corrected chi connectivity index (χ1v) is 12.5. The van der Waals surface area contributed by atoms with Crippen molar-refractivity contribution in [1.29, 1.82) is 0 Å². The summed E-state index contributed by atoms with van der Waals surface area (Å²) >= 11 is 1.52. The second-order valence-corrected chi connectivity index (χ2v) is 10.5. The van der Waals surface area contributed by atoms with Crippen molar-refractivity contribution >= 4 is 28.1 Å². The van der Waals surface area contributed by atoms with Crippen LogP contribution in [0.25, 0.3) is 32.6 Å². The number of imidazole rings is 1. The van der Waals surface area contributed by atoms with Gasteiger partial charge in [-0.3, -0.25) is 4.98 Å². The van der Waals surface area contributed by atoms with Crippen LogP contribution >= 0.6 is 11.3 Å². The van der Waals surface area contributed by atoms with E-state index < -0.39 is 17.7 Å². The maximum atomic E-state index is 15.5. The quantitative estimate of drug-likeness (QED) is 0.402. The maximum Gasteiger partial charge on any atom is 0.317 e. The van der Waals surface area contributed by atoms with Crippen molar-refractivity contribution < 1.29 is 18.0 Å². The van der Waals surface area contributed by atoms with E-state index in [9.17, 15) is 13.6 Å². The Bertz CT molecular complexity index is 1510. The highest BCUT2D eigenvalue weighted by Crippen LogP contribution is 2.49. The molecule has 4 heterocycles. The number of hydrogen-bond donors (Lipinski definition) is 1. The molecule has 4 aromatic rings. The molecule has 0 bridgehead atoms. The van der Waals surface area contributed by atoms with E-state index in [1.807, 2.05) is 17.6 Å². The smallest absolute Gasteiger partial charge is 0.317 e. The van der Waals surface area contributed by atoms with E-state index in [-0.39, 0.29) is 31.0 Å². The van der Waals surface area contributed by atoms with E-state index in [0.29, 0.717) is 35.7 Å². The number of carbonyl (C=O) groups is 1. The first-order chi connectivity index (χ1) is 17.2. The first-order valence-electron chi connectivity index (χ1n) is 11.7. The fourth-order valence-electron chi connectivity index (χ4n) is 5.13. The summed E-state index contributed by atoms with van der Waals surface area (Å²) in [7, 11) is 1.55. The lowest BCUT2D eigenvalue weighted by Gasteiger charge is -2.36. The molecule has 1 N–H and O–H groups in total. The van der Waals surface area contributed by atoms with Crippen molar-refractivity contribution in [2.24, 2.45) is 0 Å². The lowest BCUT2D eigenvalue weighted by molar-refractivity contribution is -0.0892. The minimum atomic E-state index is -2.71. The van der Waals surface area contributed by atoms with Crippen LogP contribution in [-0.2, 0) is 13.1 Å². The molecule has 186 valence electrons. The van der Waals surface area contributed by atoms with E-state index >= 15 is 4.39 Å². The maximum absolute atomic E-state index is 15.5. The molecule has 1 aromatic carbocycles. The fraction of sp³-hybridized carbons (Fsp3) is 0.360. The first kappa shape index (κ1) is 23.0. The molecule has 0 spiro atoms. The van der Waals surface area contributed by atoms with Gasteiger partial charge in [0.25, 0.3) is 0 Å². The number of aryl methyl sites for hydroxylation is 1. The van der Waals surface area contributed by atoms with Crippen molar-refractivity contribution in [1.82, 2.24) is 29.7 Å². The Balaban J connectivity index is 1.50. The van der Waals surface area contributed by atoms with Gasteiger partial charge >= 0.3 is 6.03 Å². The van der Waals surface area contributed by atoms with E-state index in [1.54, 1.807) is 30.4 Å². The predicted octanol–water partition coefficient (Wildman–Crippen LogP) is 5.34. The van der Waals surface area contributed by atoms with Crippen LogP contribution in [0.1, 0.15) is 35.3 Å². The van der Waals surface area contributed by atoms with Gasteiger partial charge < -0.3 is 14.8 Å². The van der Waals surface area contributed by atoms with Crippen LogP contribution in [0.15, 0.2) is 30.6 Å². The van der Waals surface area contributed by atoms with Crippen LogP contribution < -0.4 is 5.32 Å². The zero-order chi connectivity index (χ0) is 25.2. The van der Waals surface area contributed by atoms with Gasteiger partial charge in [0.05, 0.1) is 33.5 Å². The number of aromatic nitrogens is 4. The van der Waals surface area contributed by atoms with E-state index in [1.165, 1.54) is 17.4 Å². The van der Waals surface area contributed by atoms with Crippen LogP contribution in [0, 0.1) is 12.7 Å².